The number of hydrogen-bond acceptors (Lipinski definition) is 8. The molecule has 184 valence electrons. The number of anilines is 2. The van der Waals surface area contributed by atoms with Crippen LogP contribution in [0.4, 0.5) is 16.0 Å². The molecule has 4 aromatic heterocycles. The molecule has 0 saturated carbocycles. The van der Waals surface area contributed by atoms with E-state index >= 15 is 0 Å². The highest BCUT2D eigenvalue weighted by atomic mass is 35.5. The zero-order chi connectivity index (χ0) is 25.8. The summed E-state index contributed by atoms with van der Waals surface area (Å²) in [6.07, 6.45) is 9.54. The first-order valence-electron chi connectivity index (χ1n) is 10.9. The standard InChI is InChI=1S/C25H18ClFN8O2/c26-20-8-18(4-5-21(20)27)33-25-31-10-17(14-37-19-7-15(23(28)36)9-29-12-19)24(34-25)35-13-16(11-32-35)22-3-1-2-6-30-22/h1-13H,14H2,(H2,28,36)(H,31,33,34). The lowest BCUT2D eigenvalue weighted by atomic mass is 10.2. The van der Waals surface area contributed by atoms with Crippen LogP contribution in [0.15, 0.2) is 79.6 Å². The molecule has 37 heavy (non-hydrogen) atoms. The lowest BCUT2D eigenvalue weighted by Crippen LogP contribution is -2.12. The number of aromatic nitrogens is 6. The number of carbonyl (C=O) groups excluding carboxylic acids is 1. The first-order chi connectivity index (χ1) is 18.0. The van der Waals surface area contributed by atoms with Crippen molar-refractivity contribution < 1.29 is 13.9 Å². The van der Waals surface area contributed by atoms with E-state index in [9.17, 15) is 9.18 Å². The van der Waals surface area contributed by atoms with Crippen molar-refractivity contribution in [2.45, 2.75) is 6.61 Å². The fourth-order valence-corrected chi connectivity index (χ4v) is 3.54. The Bertz CT molecular complexity index is 1580. The van der Waals surface area contributed by atoms with Crippen molar-refractivity contribution in [1.29, 1.82) is 0 Å². The van der Waals surface area contributed by atoms with Gasteiger partial charge in [0.05, 0.1) is 34.2 Å². The highest BCUT2D eigenvalue weighted by molar-refractivity contribution is 6.31. The topological polar surface area (TPSA) is 134 Å². The number of pyridine rings is 2. The fraction of sp³-hybridized carbons (Fsp3) is 0.0400. The Hall–Kier alpha value is -4.90. The van der Waals surface area contributed by atoms with Crippen molar-refractivity contribution in [3.8, 4) is 22.8 Å². The normalized spacial score (nSPS) is 10.8. The molecule has 10 nitrogen and oxygen atoms in total. The van der Waals surface area contributed by atoms with Gasteiger partial charge in [0.25, 0.3) is 0 Å². The summed E-state index contributed by atoms with van der Waals surface area (Å²) in [5.41, 5.74) is 8.17. The predicted molar refractivity (Wildman–Crippen MR) is 134 cm³/mol. The number of carbonyl (C=O) groups is 1. The van der Waals surface area contributed by atoms with E-state index in [0.717, 1.165) is 11.3 Å². The SMILES string of the molecule is NC(=O)c1cncc(OCc2cnc(Nc3ccc(F)c(Cl)c3)nc2-n2cc(-c3ccccn3)cn2)c1. The molecular weight excluding hydrogens is 499 g/mol. The number of halogens is 2. The molecule has 0 atom stereocenters. The van der Waals surface area contributed by atoms with E-state index in [4.69, 9.17) is 22.1 Å². The first-order valence-corrected chi connectivity index (χ1v) is 11.3. The van der Waals surface area contributed by atoms with Crippen LogP contribution in [0.25, 0.3) is 17.1 Å². The van der Waals surface area contributed by atoms with Gasteiger partial charge in [-0.15, -0.1) is 0 Å². The molecule has 1 aromatic carbocycles. The summed E-state index contributed by atoms with van der Waals surface area (Å²) in [5, 5.41) is 7.43. The Kier molecular flexibility index (Phi) is 6.68. The van der Waals surface area contributed by atoms with Gasteiger partial charge in [0.15, 0.2) is 5.82 Å². The highest BCUT2D eigenvalue weighted by Crippen LogP contribution is 2.24. The van der Waals surface area contributed by atoms with Gasteiger partial charge in [-0.2, -0.15) is 10.1 Å². The summed E-state index contributed by atoms with van der Waals surface area (Å²) in [5.74, 6) is -0.146. The number of amides is 1. The third-order valence-corrected chi connectivity index (χ3v) is 5.46. The molecule has 0 radical (unpaired) electrons. The fourth-order valence-electron chi connectivity index (χ4n) is 3.36. The van der Waals surface area contributed by atoms with Gasteiger partial charge >= 0.3 is 0 Å². The first kappa shape index (κ1) is 23.8. The van der Waals surface area contributed by atoms with Crippen LogP contribution in [0.1, 0.15) is 15.9 Å². The van der Waals surface area contributed by atoms with Gasteiger partial charge < -0.3 is 15.8 Å². The second-order valence-corrected chi connectivity index (χ2v) is 8.15. The third-order valence-electron chi connectivity index (χ3n) is 5.17. The summed E-state index contributed by atoms with van der Waals surface area (Å²) >= 11 is 5.90. The van der Waals surface area contributed by atoms with E-state index in [1.807, 2.05) is 18.2 Å². The maximum Gasteiger partial charge on any atom is 0.250 e. The molecule has 12 heteroatoms. The smallest absolute Gasteiger partial charge is 0.250 e. The van der Waals surface area contributed by atoms with Crippen LogP contribution < -0.4 is 15.8 Å². The zero-order valence-electron chi connectivity index (χ0n) is 19.0. The molecule has 4 heterocycles. The number of ether oxygens (including phenoxy) is 1. The summed E-state index contributed by atoms with van der Waals surface area (Å²) < 4.78 is 21.0. The second kappa shape index (κ2) is 10.4. The molecule has 1 amide bonds. The minimum Gasteiger partial charge on any atom is -0.487 e. The van der Waals surface area contributed by atoms with Crippen LogP contribution in [-0.4, -0.2) is 35.6 Å². The Labute approximate surface area is 215 Å². The molecule has 0 saturated heterocycles. The molecular formula is C25H18ClFN8O2. The van der Waals surface area contributed by atoms with Gasteiger partial charge in [-0.3, -0.25) is 14.8 Å². The van der Waals surface area contributed by atoms with Gasteiger partial charge in [-0.05, 0) is 36.4 Å². The van der Waals surface area contributed by atoms with Crippen LogP contribution in [-0.2, 0) is 6.61 Å². The van der Waals surface area contributed by atoms with Crippen molar-refractivity contribution >= 4 is 29.1 Å². The lowest BCUT2D eigenvalue weighted by Gasteiger charge is -2.13. The molecule has 0 aliphatic rings. The molecule has 0 fully saturated rings. The Morgan fingerprint density at radius 1 is 1.11 bits per heavy atom. The third kappa shape index (κ3) is 5.52. The Morgan fingerprint density at radius 2 is 2.00 bits per heavy atom. The van der Waals surface area contributed by atoms with E-state index in [0.29, 0.717) is 22.8 Å². The minimum atomic E-state index is -0.614. The van der Waals surface area contributed by atoms with Gasteiger partial charge in [0.1, 0.15) is 18.2 Å². The van der Waals surface area contributed by atoms with Crippen molar-refractivity contribution in [2.24, 2.45) is 5.73 Å². The summed E-state index contributed by atoms with van der Waals surface area (Å²) in [6, 6.07) is 11.3. The average molecular weight is 517 g/mol. The maximum atomic E-state index is 13.6. The van der Waals surface area contributed by atoms with Gasteiger partial charge in [0.2, 0.25) is 11.9 Å². The van der Waals surface area contributed by atoms with E-state index in [2.05, 4.69) is 30.4 Å². The van der Waals surface area contributed by atoms with Crippen molar-refractivity contribution in [1.82, 2.24) is 29.7 Å². The molecule has 0 unspecified atom stereocenters. The van der Waals surface area contributed by atoms with Gasteiger partial charge in [-0.25, -0.2) is 14.1 Å². The van der Waals surface area contributed by atoms with Crippen molar-refractivity contribution in [3.63, 3.8) is 0 Å². The van der Waals surface area contributed by atoms with E-state index in [1.165, 1.54) is 36.7 Å². The number of primary amides is 1. The quantitative estimate of drug-likeness (QED) is 0.311. The average Bonchev–Trinajstić information content (AvgIpc) is 3.41. The Balaban J connectivity index is 1.47. The van der Waals surface area contributed by atoms with Crippen LogP contribution in [0, 0.1) is 5.82 Å². The van der Waals surface area contributed by atoms with Crippen LogP contribution in [0.2, 0.25) is 5.02 Å². The summed E-state index contributed by atoms with van der Waals surface area (Å²) in [7, 11) is 0. The lowest BCUT2D eigenvalue weighted by molar-refractivity contribution is 0.0999. The molecule has 0 spiro atoms. The van der Waals surface area contributed by atoms with Crippen LogP contribution >= 0.6 is 11.6 Å². The van der Waals surface area contributed by atoms with Crippen LogP contribution in [0.3, 0.4) is 0 Å². The highest BCUT2D eigenvalue weighted by Gasteiger charge is 2.14. The number of hydrogen-bond donors (Lipinski definition) is 2. The number of benzene rings is 1. The monoisotopic (exact) mass is 516 g/mol. The molecule has 5 aromatic rings. The number of nitrogens with two attached hydrogens (primary N) is 1. The van der Waals surface area contributed by atoms with Crippen molar-refractivity contribution in [3.05, 3.63) is 102 Å². The van der Waals surface area contributed by atoms with Crippen molar-refractivity contribution in [2.75, 3.05) is 5.32 Å². The van der Waals surface area contributed by atoms with Gasteiger partial charge in [0, 0.05) is 36.0 Å². The minimum absolute atomic E-state index is 0.0332. The second-order valence-electron chi connectivity index (χ2n) is 7.75. The molecule has 5 rings (SSSR count). The summed E-state index contributed by atoms with van der Waals surface area (Å²) in [4.78, 5) is 28.8. The molecule has 0 bridgehead atoms. The number of rotatable bonds is 8. The zero-order valence-corrected chi connectivity index (χ0v) is 19.8. The van der Waals surface area contributed by atoms with Crippen LogP contribution in [0.5, 0.6) is 5.75 Å². The maximum absolute atomic E-state index is 13.6. The number of nitrogens with zero attached hydrogens (tertiary/aromatic N) is 6. The Morgan fingerprint density at radius 3 is 2.78 bits per heavy atom. The van der Waals surface area contributed by atoms with E-state index < -0.39 is 11.7 Å². The molecule has 0 aliphatic heterocycles. The van der Waals surface area contributed by atoms with E-state index in [1.54, 1.807) is 29.5 Å². The van der Waals surface area contributed by atoms with Gasteiger partial charge in [-0.1, -0.05) is 17.7 Å². The molecule has 0 aliphatic carbocycles. The number of nitrogens with one attached hydrogen (secondary N) is 1. The summed E-state index contributed by atoms with van der Waals surface area (Å²) in [6.45, 7) is 0.0423. The predicted octanol–water partition coefficient (Wildman–Crippen LogP) is 4.33. The van der Waals surface area contributed by atoms with E-state index in [-0.39, 0.29) is 23.1 Å². The largest absolute Gasteiger partial charge is 0.487 e. The molecule has 3 N–H and O–H groups in total.